The molecular weight excluding hydrogens is 709 g/mol. The van der Waals surface area contributed by atoms with E-state index in [1.807, 2.05) is 0 Å². The zero-order chi connectivity index (χ0) is 36.0. The molecule has 6 heteroatoms. The van der Waals surface area contributed by atoms with Crippen LogP contribution in [-0.4, -0.2) is 19.5 Å². The molecule has 0 unspecified atom stereocenters. The third kappa shape index (κ3) is 4.72. The molecule has 0 amide bonds. The number of hydrogen-bond donors (Lipinski definition) is 0. The van der Waals surface area contributed by atoms with Gasteiger partial charge in [0.1, 0.15) is 0 Å². The molecule has 8 aromatic carbocycles. The first-order valence-corrected chi connectivity index (χ1v) is 20.0. The molecule has 0 aliphatic heterocycles. The van der Waals surface area contributed by atoms with E-state index in [4.69, 9.17) is 15.0 Å². The molecule has 4 heterocycles. The predicted molar refractivity (Wildman–Crippen MR) is 234 cm³/mol. The number of fused-ring (bicyclic) bond motifs is 10. The number of thiophene rings is 2. The van der Waals surface area contributed by atoms with E-state index in [1.165, 1.54) is 67.4 Å². The Balaban J connectivity index is 1.13. The highest BCUT2D eigenvalue weighted by molar-refractivity contribution is 7.26. The van der Waals surface area contributed by atoms with E-state index in [9.17, 15) is 0 Å². The quantitative estimate of drug-likeness (QED) is 0.181. The lowest BCUT2D eigenvalue weighted by atomic mass is 10.0. The Morgan fingerprint density at radius 3 is 1.56 bits per heavy atom. The topological polar surface area (TPSA) is 43.6 Å². The van der Waals surface area contributed by atoms with Gasteiger partial charge in [0.2, 0.25) is 0 Å². The average molecular weight is 737 g/mol. The molecule has 0 N–H and O–H groups in total. The summed E-state index contributed by atoms with van der Waals surface area (Å²) in [5, 5.41) is 9.70. The molecule has 0 atom stereocenters. The summed E-state index contributed by atoms with van der Waals surface area (Å²) < 4.78 is 7.31. The van der Waals surface area contributed by atoms with Gasteiger partial charge in [-0.15, -0.1) is 22.7 Å². The van der Waals surface area contributed by atoms with Gasteiger partial charge in [-0.2, -0.15) is 0 Å². The Hall–Kier alpha value is -6.73. The second-order valence-corrected chi connectivity index (χ2v) is 16.1. The monoisotopic (exact) mass is 736 g/mol. The second kappa shape index (κ2) is 11.9. The van der Waals surface area contributed by atoms with E-state index in [-0.39, 0.29) is 0 Å². The van der Waals surface area contributed by atoms with Gasteiger partial charge in [0, 0.05) is 73.5 Å². The molecular formula is C49H28N4S2. The third-order valence-electron chi connectivity index (χ3n) is 10.8. The molecule has 12 rings (SSSR count). The van der Waals surface area contributed by atoms with Crippen LogP contribution in [0.25, 0.3) is 113 Å². The van der Waals surface area contributed by atoms with Gasteiger partial charge in [0.15, 0.2) is 17.5 Å². The van der Waals surface area contributed by atoms with Crippen molar-refractivity contribution in [1.82, 2.24) is 19.5 Å². The van der Waals surface area contributed by atoms with Gasteiger partial charge in [-0.3, -0.25) is 0 Å². The molecule has 55 heavy (non-hydrogen) atoms. The van der Waals surface area contributed by atoms with Crippen LogP contribution in [0.15, 0.2) is 170 Å². The van der Waals surface area contributed by atoms with Crippen molar-refractivity contribution in [1.29, 1.82) is 0 Å². The fourth-order valence-corrected chi connectivity index (χ4v) is 10.6. The summed E-state index contributed by atoms with van der Waals surface area (Å²) in [5.41, 5.74) is 6.33. The maximum atomic E-state index is 5.34. The van der Waals surface area contributed by atoms with E-state index in [1.54, 1.807) is 22.7 Å². The van der Waals surface area contributed by atoms with E-state index < -0.39 is 0 Å². The molecule has 0 aliphatic carbocycles. The number of aromatic nitrogens is 4. The SMILES string of the molecule is c1cc(-c2nc(-c3cccc4sc5ccccc5c34)nc(-c3cccc4sc5ccccc5c34)n2)cc(-n2c3ccccc3c3cc4ccccc4cc32)c1. The van der Waals surface area contributed by atoms with Crippen molar-refractivity contribution in [2.24, 2.45) is 0 Å². The molecule has 0 fully saturated rings. The van der Waals surface area contributed by atoms with Crippen LogP contribution in [0.3, 0.4) is 0 Å². The molecule has 256 valence electrons. The third-order valence-corrected chi connectivity index (χ3v) is 13.1. The Kier molecular flexibility index (Phi) is 6.64. The van der Waals surface area contributed by atoms with Gasteiger partial charge < -0.3 is 4.57 Å². The van der Waals surface area contributed by atoms with Crippen LogP contribution < -0.4 is 0 Å². The second-order valence-electron chi connectivity index (χ2n) is 14.0. The van der Waals surface area contributed by atoms with Crippen molar-refractivity contribution in [3.05, 3.63) is 170 Å². The van der Waals surface area contributed by atoms with Crippen molar-refractivity contribution in [3.63, 3.8) is 0 Å². The highest BCUT2D eigenvalue weighted by Gasteiger charge is 2.20. The Morgan fingerprint density at radius 2 is 0.891 bits per heavy atom. The maximum Gasteiger partial charge on any atom is 0.164 e. The summed E-state index contributed by atoms with van der Waals surface area (Å²) in [7, 11) is 0. The molecule has 0 saturated heterocycles. The summed E-state index contributed by atoms with van der Waals surface area (Å²) in [6.45, 7) is 0. The maximum absolute atomic E-state index is 5.34. The van der Waals surface area contributed by atoms with Gasteiger partial charge in [0.05, 0.1) is 11.0 Å². The fraction of sp³-hybridized carbons (Fsp3) is 0. The summed E-state index contributed by atoms with van der Waals surface area (Å²) in [6.07, 6.45) is 0. The minimum absolute atomic E-state index is 0.640. The smallest absolute Gasteiger partial charge is 0.164 e. The van der Waals surface area contributed by atoms with E-state index in [0.717, 1.165) is 27.9 Å². The van der Waals surface area contributed by atoms with Gasteiger partial charge >= 0.3 is 0 Å². The first kappa shape index (κ1) is 30.7. The van der Waals surface area contributed by atoms with Crippen LogP contribution in [0.5, 0.6) is 0 Å². The predicted octanol–water partition coefficient (Wildman–Crippen LogP) is 13.9. The minimum Gasteiger partial charge on any atom is -0.309 e. The number of rotatable bonds is 4. The number of nitrogens with zero attached hydrogens (tertiary/aromatic N) is 4. The zero-order valence-electron chi connectivity index (χ0n) is 29.3. The molecule has 0 aliphatic rings. The van der Waals surface area contributed by atoms with E-state index >= 15 is 0 Å². The fourth-order valence-electron chi connectivity index (χ4n) is 8.39. The van der Waals surface area contributed by atoms with Crippen LogP contribution in [0.2, 0.25) is 0 Å². The average Bonchev–Trinajstić information content (AvgIpc) is 3.92. The standard InChI is InChI=1S/C49H28N4S2/c1-2-13-30-28-40-38(27-29(30)12-1)33-16-3-6-21-39(33)53(40)32-15-9-14-31(26-32)47-50-48(36-19-10-24-43-45(36)34-17-4-7-22-41(34)54-43)52-49(51-47)37-20-11-25-44-46(37)35-18-5-8-23-42(35)55-44/h1-28H. The van der Waals surface area contributed by atoms with Crippen molar-refractivity contribution in [2.75, 3.05) is 0 Å². The Bertz CT molecular complexity index is 3380. The minimum atomic E-state index is 0.640. The van der Waals surface area contributed by atoms with Crippen LogP contribution in [-0.2, 0) is 0 Å². The summed E-state index contributed by atoms with van der Waals surface area (Å²) in [6, 6.07) is 60.8. The first-order valence-electron chi connectivity index (χ1n) is 18.4. The molecule has 0 spiro atoms. The molecule has 4 nitrogen and oxygen atoms in total. The molecule has 12 aromatic rings. The van der Waals surface area contributed by atoms with Crippen LogP contribution in [0.4, 0.5) is 0 Å². The first-order chi connectivity index (χ1) is 27.2. The molecule has 0 saturated carbocycles. The number of para-hydroxylation sites is 1. The van der Waals surface area contributed by atoms with Gasteiger partial charge in [-0.1, -0.05) is 115 Å². The largest absolute Gasteiger partial charge is 0.309 e. The van der Waals surface area contributed by atoms with Crippen molar-refractivity contribution in [3.8, 4) is 39.9 Å². The van der Waals surface area contributed by atoms with Crippen LogP contribution in [0.1, 0.15) is 0 Å². The Labute approximate surface area is 323 Å². The van der Waals surface area contributed by atoms with Crippen LogP contribution >= 0.6 is 22.7 Å². The summed E-state index contributed by atoms with van der Waals surface area (Å²) in [5.74, 6) is 1.97. The summed E-state index contributed by atoms with van der Waals surface area (Å²) in [4.78, 5) is 16.0. The zero-order valence-corrected chi connectivity index (χ0v) is 30.9. The van der Waals surface area contributed by atoms with Crippen molar-refractivity contribution >= 4 is 95.6 Å². The molecule has 0 radical (unpaired) electrons. The lowest BCUT2D eigenvalue weighted by Gasteiger charge is -2.13. The number of hydrogen-bond acceptors (Lipinski definition) is 5. The van der Waals surface area contributed by atoms with Crippen molar-refractivity contribution in [2.45, 2.75) is 0 Å². The highest BCUT2D eigenvalue weighted by atomic mass is 32.1. The van der Waals surface area contributed by atoms with Gasteiger partial charge in [-0.05, 0) is 65.4 Å². The van der Waals surface area contributed by atoms with Crippen LogP contribution in [0, 0.1) is 0 Å². The van der Waals surface area contributed by atoms with E-state index in [0.29, 0.717) is 17.5 Å². The molecule has 0 bridgehead atoms. The Morgan fingerprint density at radius 1 is 0.364 bits per heavy atom. The van der Waals surface area contributed by atoms with Gasteiger partial charge in [0.25, 0.3) is 0 Å². The summed E-state index contributed by atoms with van der Waals surface area (Å²) >= 11 is 3.61. The van der Waals surface area contributed by atoms with Crippen molar-refractivity contribution < 1.29 is 0 Å². The van der Waals surface area contributed by atoms with E-state index in [2.05, 4.69) is 174 Å². The number of benzene rings is 8. The van der Waals surface area contributed by atoms with Gasteiger partial charge in [-0.25, -0.2) is 15.0 Å². The highest BCUT2D eigenvalue weighted by Crippen LogP contribution is 2.42. The normalized spacial score (nSPS) is 12.0. The lowest BCUT2D eigenvalue weighted by molar-refractivity contribution is 1.08. The lowest BCUT2D eigenvalue weighted by Crippen LogP contribution is -2.01. The molecule has 4 aromatic heterocycles.